The van der Waals surface area contributed by atoms with Crippen LogP contribution in [0.4, 0.5) is 17.6 Å². The van der Waals surface area contributed by atoms with E-state index in [4.69, 9.17) is 20.1 Å². The van der Waals surface area contributed by atoms with Crippen molar-refractivity contribution in [3.63, 3.8) is 0 Å². The van der Waals surface area contributed by atoms with Crippen LogP contribution in [-0.4, -0.2) is 0 Å². The molecule has 0 saturated heterocycles. The number of rotatable bonds is 5. The minimum absolute atomic E-state index is 0.0213. The molecule has 0 radical (unpaired) electrons. The Bertz CT molecular complexity index is 2280. The van der Waals surface area contributed by atoms with Gasteiger partial charge in [0.1, 0.15) is 56.7 Å². The molecule has 0 aliphatic rings. The highest BCUT2D eigenvalue weighted by Crippen LogP contribution is 2.32. The van der Waals surface area contributed by atoms with E-state index in [1.807, 2.05) is 0 Å². The van der Waals surface area contributed by atoms with E-state index in [-0.39, 0.29) is 50.1 Å². The Hall–Kier alpha value is -5.71. The Morgan fingerprint density at radius 3 is 1.57 bits per heavy atom. The van der Waals surface area contributed by atoms with E-state index in [0.717, 1.165) is 12.1 Å². The molecule has 6 rings (SSSR count). The first-order valence-electron chi connectivity index (χ1n) is 13.8. The third kappa shape index (κ3) is 6.12. The van der Waals surface area contributed by atoms with Gasteiger partial charge in [-0.25, -0.2) is 17.6 Å². The summed E-state index contributed by atoms with van der Waals surface area (Å²) < 4.78 is 66.4. The van der Waals surface area contributed by atoms with Crippen molar-refractivity contribution in [2.75, 3.05) is 0 Å². The maximum atomic E-state index is 14.1. The summed E-state index contributed by atoms with van der Waals surface area (Å²) in [7, 11) is 0. The van der Waals surface area contributed by atoms with Gasteiger partial charge in [0.25, 0.3) is 0 Å². The van der Waals surface area contributed by atoms with E-state index in [0.29, 0.717) is 5.56 Å². The summed E-state index contributed by atoms with van der Waals surface area (Å²) in [6.45, 7) is 3.18. The number of azide groups is 1. The Labute approximate surface area is 258 Å². The molecule has 2 unspecified atom stereocenters. The highest BCUT2D eigenvalue weighted by Gasteiger charge is 2.23. The zero-order valence-electron chi connectivity index (χ0n) is 24.3. The van der Waals surface area contributed by atoms with Crippen molar-refractivity contribution in [1.29, 1.82) is 0 Å². The summed E-state index contributed by atoms with van der Waals surface area (Å²) in [5.74, 6) is -2.21. The van der Waals surface area contributed by atoms with E-state index in [9.17, 15) is 27.2 Å². The Morgan fingerprint density at radius 1 is 0.696 bits per heavy atom. The molecular weight excluding hydrogens is 604 g/mol. The minimum Gasteiger partial charge on any atom is -0.460 e. The Morgan fingerprint density at radius 2 is 1.13 bits per heavy atom. The highest BCUT2D eigenvalue weighted by atomic mass is 19.1. The number of hydrogen-bond donors (Lipinski definition) is 1. The van der Waals surface area contributed by atoms with Crippen molar-refractivity contribution in [2.45, 2.75) is 25.9 Å². The Kier molecular flexibility index (Phi) is 9.04. The lowest BCUT2D eigenvalue weighted by Gasteiger charge is -2.13. The first kappa shape index (κ1) is 31.7. The third-order valence-electron chi connectivity index (χ3n) is 7.04. The topological polar surface area (TPSA) is 135 Å². The maximum Gasteiger partial charge on any atom is 0.203 e. The summed E-state index contributed by atoms with van der Waals surface area (Å²) >= 11 is 0. The molecule has 0 fully saturated rings. The predicted molar refractivity (Wildman–Crippen MR) is 166 cm³/mol. The second-order valence-electron chi connectivity index (χ2n) is 10.3. The third-order valence-corrected chi connectivity index (χ3v) is 7.04. The summed E-state index contributed by atoms with van der Waals surface area (Å²) in [6, 6.07) is 17.5. The van der Waals surface area contributed by atoms with Crippen LogP contribution in [0.1, 0.15) is 37.5 Å². The molecule has 2 N–H and O–H groups in total. The summed E-state index contributed by atoms with van der Waals surface area (Å²) in [5, 5.41) is 3.15. The predicted octanol–water partition coefficient (Wildman–Crippen LogP) is 8.87. The fourth-order valence-electron chi connectivity index (χ4n) is 5.01. The van der Waals surface area contributed by atoms with Crippen LogP contribution in [0.3, 0.4) is 0 Å². The monoisotopic (exact) mass is 628 g/mol. The largest absolute Gasteiger partial charge is 0.460 e. The second-order valence-corrected chi connectivity index (χ2v) is 10.3. The molecule has 0 bridgehead atoms. The van der Waals surface area contributed by atoms with Crippen molar-refractivity contribution in [3.05, 3.63) is 151 Å². The van der Waals surface area contributed by atoms with Crippen molar-refractivity contribution < 1.29 is 26.4 Å². The van der Waals surface area contributed by atoms with E-state index in [1.54, 1.807) is 13.0 Å². The van der Waals surface area contributed by atoms with E-state index < -0.39 is 46.2 Å². The number of nitrogens with zero attached hydrogens (tertiary/aromatic N) is 3. The average molecular weight is 629 g/mol. The van der Waals surface area contributed by atoms with Gasteiger partial charge < -0.3 is 14.6 Å². The van der Waals surface area contributed by atoms with Crippen LogP contribution in [0.25, 0.3) is 54.6 Å². The fourth-order valence-corrected chi connectivity index (χ4v) is 5.01. The molecule has 2 atom stereocenters. The molecule has 8 nitrogen and oxygen atoms in total. The maximum absolute atomic E-state index is 14.1. The van der Waals surface area contributed by atoms with Crippen molar-refractivity contribution in [1.82, 2.24) is 0 Å². The van der Waals surface area contributed by atoms with E-state index >= 15 is 0 Å². The Balaban J connectivity index is 0.000000182. The number of benzene rings is 4. The summed E-state index contributed by atoms with van der Waals surface area (Å²) in [5.41, 5.74) is 14.1. The van der Waals surface area contributed by atoms with Crippen molar-refractivity contribution in [2.24, 2.45) is 10.8 Å². The van der Waals surface area contributed by atoms with Crippen LogP contribution in [-0.2, 0) is 0 Å². The SMILES string of the molecule is CC(N)c1oc2cccc(F)c2c(=O)c1-c1cccc(F)c1.CC(N=[N+]=[N-])c1oc2cccc(F)c2c(=O)c1-c1cccc(F)c1. The number of hydrogen-bond acceptors (Lipinski definition) is 6. The molecule has 232 valence electrons. The fraction of sp³-hybridized carbons (Fsp3) is 0.118. The minimum atomic E-state index is -0.825. The quantitative estimate of drug-likeness (QED) is 0.0880. The molecule has 0 aliphatic heterocycles. The van der Waals surface area contributed by atoms with Gasteiger partial charge in [0, 0.05) is 4.91 Å². The molecule has 2 aromatic heterocycles. The van der Waals surface area contributed by atoms with Gasteiger partial charge in [0.2, 0.25) is 10.9 Å². The van der Waals surface area contributed by atoms with Crippen molar-refractivity contribution >= 4 is 21.9 Å². The molecule has 4 aromatic carbocycles. The second kappa shape index (κ2) is 13.1. The van der Waals surface area contributed by atoms with Gasteiger partial charge in [-0.15, -0.1) is 0 Å². The molecule has 0 saturated carbocycles. The molecule has 0 aliphatic carbocycles. The van der Waals surface area contributed by atoms with Crippen molar-refractivity contribution in [3.8, 4) is 22.3 Å². The summed E-state index contributed by atoms with van der Waals surface area (Å²) in [6.07, 6.45) is 0. The molecule has 12 heteroatoms. The standard InChI is InChI=1S/C17H11F2N3O2.C17H13F2NO2/c1-9(21-22-20)17-14(10-4-2-5-11(18)8-10)16(23)15-12(19)6-3-7-13(15)24-17;1-9(20)17-14(10-4-2-5-11(18)8-10)16(21)15-12(19)6-3-7-13(15)22-17/h2-9H,1H3;2-9H,20H2,1H3. The number of nitrogens with two attached hydrogens (primary N) is 1. The van der Waals surface area contributed by atoms with Crippen LogP contribution in [0.15, 0.2) is 108 Å². The van der Waals surface area contributed by atoms with Gasteiger partial charge in [-0.1, -0.05) is 41.5 Å². The molecule has 2 heterocycles. The van der Waals surface area contributed by atoms with Gasteiger partial charge >= 0.3 is 0 Å². The highest BCUT2D eigenvalue weighted by molar-refractivity contribution is 5.84. The number of fused-ring (bicyclic) bond motifs is 2. The van der Waals surface area contributed by atoms with Crippen LogP contribution < -0.4 is 16.6 Å². The van der Waals surface area contributed by atoms with Gasteiger partial charge in [-0.3, -0.25) is 9.59 Å². The van der Waals surface area contributed by atoms with E-state index in [1.165, 1.54) is 73.7 Å². The smallest absolute Gasteiger partial charge is 0.203 e. The zero-order chi connectivity index (χ0) is 33.1. The lowest BCUT2D eigenvalue weighted by atomic mass is 9.99. The van der Waals surface area contributed by atoms with Crippen LogP contribution >= 0.6 is 0 Å². The normalized spacial score (nSPS) is 12.2. The molecule has 0 amide bonds. The average Bonchev–Trinajstić information content (AvgIpc) is 3.01. The molecule has 0 spiro atoms. The van der Waals surface area contributed by atoms with Gasteiger partial charge in [0.05, 0.1) is 23.2 Å². The number of halogens is 4. The van der Waals surface area contributed by atoms with Crippen LogP contribution in [0.5, 0.6) is 0 Å². The van der Waals surface area contributed by atoms with Gasteiger partial charge in [-0.2, -0.15) is 0 Å². The van der Waals surface area contributed by atoms with Crippen LogP contribution in [0.2, 0.25) is 0 Å². The summed E-state index contributed by atoms with van der Waals surface area (Å²) in [4.78, 5) is 28.2. The van der Waals surface area contributed by atoms with Gasteiger partial charge in [0.15, 0.2) is 0 Å². The molecular formula is C34H24F4N4O4. The first-order chi connectivity index (χ1) is 22.0. The zero-order valence-corrected chi connectivity index (χ0v) is 24.3. The van der Waals surface area contributed by atoms with E-state index in [2.05, 4.69) is 10.0 Å². The van der Waals surface area contributed by atoms with Crippen LogP contribution in [0, 0.1) is 23.3 Å². The lowest BCUT2D eigenvalue weighted by Crippen LogP contribution is -2.15. The van der Waals surface area contributed by atoms with Gasteiger partial charge in [-0.05, 0) is 79.0 Å². The molecule has 6 aromatic rings. The lowest BCUT2D eigenvalue weighted by molar-refractivity contribution is 0.500. The first-order valence-corrected chi connectivity index (χ1v) is 13.8. The molecule has 46 heavy (non-hydrogen) atoms.